The van der Waals surface area contributed by atoms with Crippen LogP contribution in [-0.2, 0) is 14.3 Å². The molecule has 1 atom stereocenters. The lowest BCUT2D eigenvalue weighted by Gasteiger charge is -2.19. The molecule has 0 bridgehead atoms. The summed E-state index contributed by atoms with van der Waals surface area (Å²) in [5.74, 6) is -0.00174. The van der Waals surface area contributed by atoms with Crippen molar-refractivity contribution in [1.82, 2.24) is 0 Å². The molecular weight excluding hydrogens is 394 g/mol. The molecule has 160 valence electrons. The zero-order chi connectivity index (χ0) is 22.1. The molecule has 3 aromatic rings. The van der Waals surface area contributed by atoms with Gasteiger partial charge in [0, 0.05) is 5.56 Å². The molecule has 31 heavy (non-hydrogen) atoms. The van der Waals surface area contributed by atoms with E-state index in [1.807, 2.05) is 44.2 Å². The minimum absolute atomic E-state index is 0.309. The van der Waals surface area contributed by atoms with Crippen molar-refractivity contribution in [3.05, 3.63) is 90.0 Å². The number of carbonyl (C=O) groups excluding carboxylic acids is 2. The Balaban J connectivity index is 1.73. The Labute approximate surface area is 181 Å². The number of ether oxygens (including phenoxy) is 3. The van der Waals surface area contributed by atoms with Crippen LogP contribution in [0.15, 0.2) is 78.9 Å². The van der Waals surface area contributed by atoms with Crippen molar-refractivity contribution in [2.24, 2.45) is 0 Å². The van der Waals surface area contributed by atoms with Crippen molar-refractivity contribution < 1.29 is 23.8 Å². The highest BCUT2D eigenvalue weighted by Crippen LogP contribution is 2.27. The summed E-state index contributed by atoms with van der Waals surface area (Å²) in [7, 11) is 0. The van der Waals surface area contributed by atoms with E-state index >= 15 is 0 Å². The lowest BCUT2D eigenvalue weighted by Crippen LogP contribution is -2.28. The predicted molar refractivity (Wildman–Crippen MR) is 118 cm³/mol. The summed E-state index contributed by atoms with van der Waals surface area (Å²) in [4.78, 5) is 25.5. The van der Waals surface area contributed by atoms with Gasteiger partial charge in [0.15, 0.2) is 6.61 Å². The summed E-state index contributed by atoms with van der Waals surface area (Å²) in [6.45, 7) is 3.90. The fourth-order valence-electron chi connectivity index (χ4n) is 2.97. The van der Waals surface area contributed by atoms with Gasteiger partial charge in [-0.15, -0.1) is 0 Å². The molecule has 0 aliphatic carbocycles. The predicted octanol–water partition coefficient (Wildman–Crippen LogP) is 4.70. The van der Waals surface area contributed by atoms with Crippen LogP contribution >= 0.6 is 0 Å². The van der Waals surface area contributed by atoms with Gasteiger partial charge in [-0.25, -0.2) is 4.79 Å². The summed E-state index contributed by atoms with van der Waals surface area (Å²) < 4.78 is 16.6. The monoisotopic (exact) mass is 419 g/mol. The molecule has 0 aliphatic rings. The number of hydrogen-bond acceptors (Lipinski definition) is 5. The van der Waals surface area contributed by atoms with Crippen molar-refractivity contribution in [3.63, 3.8) is 0 Å². The molecule has 0 aromatic heterocycles. The SMILES string of the molecule is CCOc1ccccc1NC(=O)[C@H](OC(=O)COc1ccccc1C)c1ccccc1. The third-order valence-electron chi connectivity index (χ3n) is 4.47. The van der Waals surface area contributed by atoms with E-state index in [1.165, 1.54) is 0 Å². The number of amides is 1. The van der Waals surface area contributed by atoms with Crippen LogP contribution in [0.4, 0.5) is 5.69 Å². The first-order valence-corrected chi connectivity index (χ1v) is 10.0. The zero-order valence-corrected chi connectivity index (χ0v) is 17.5. The van der Waals surface area contributed by atoms with E-state index in [0.717, 1.165) is 5.56 Å². The topological polar surface area (TPSA) is 73.9 Å². The van der Waals surface area contributed by atoms with Gasteiger partial charge < -0.3 is 19.5 Å². The van der Waals surface area contributed by atoms with E-state index in [0.29, 0.717) is 29.4 Å². The highest BCUT2D eigenvalue weighted by molar-refractivity contribution is 5.97. The van der Waals surface area contributed by atoms with E-state index in [-0.39, 0.29) is 6.61 Å². The van der Waals surface area contributed by atoms with Crippen LogP contribution in [0, 0.1) is 6.92 Å². The van der Waals surface area contributed by atoms with Crippen LogP contribution in [0.1, 0.15) is 24.2 Å². The summed E-state index contributed by atoms with van der Waals surface area (Å²) in [5, 5.41) is 2.80. The first-order valence-electron chi connectivity index (χ1n) is 10.0. The molecule has 0 unspecified atom stereocenters. The lowest BCUT2D eigenvalue weighted by atomic mass is 10.1. The van der Waals surface area contributed by atoms with Gasteiger partial charge >= 0.3 is 5.97 Å². The van der Waals surface area contributed by atoms with E-state index < -0.39 is 18.0 Å². The molecule has 1 N–H and O–H groups in total. The first-order chi connectivity index (χ1) is 15.1. The lowest BCUT2D eigenvalue weighted by molar-refractivity contribution is -0.156. The largest absolute Gasteiger partial charge is 0.492 e. The van der Waals surface area contributed by atoms with Gasteiger partial charge in [0.25, 0.3) is 5.91 Å². The van der Waals surface area contributed by atoms with Gasteiger partial charge in [0.2, 0.25) is 6.10 Å². The van der Waals surface area contributed by atoms with Gasteiger partial charge in [0.1, 0.15) is 11.5 Å². The van der Waals surface area contributed by atoms with Crippen LogP contribution in [0.3, 0.4) is 0 Å². The Bertz CT molecular complexity index is 1020. The number of benzene rings is 3. The summed E-state index contributed by atoms with van der Waals surface area (Å²) in [5.41, 5.74) is 1.96. The standard InChI is InChI=1S/C25H25NO5/c1-3-29-22-16-10-8-14-20(22)26-25(28)24(19-12-5-4-6-13-19)31-23(27)17-30-21-15-9-7-11-18(21)2/h4-16,24H,3,17H2,1-2H3,(H,26,28)/t24-/m1/s1. The van der Waals surface area contributed by atoms with Crippen molar-refractivity contribution in [2.75, 3.05) is 18.5 Å². The molecule has 0 spiro atoms. The Morgan fingerprint density at radius 2 is 1.48 bits per heavy atom. The molecule has 0 radical (unpaired) electrons. The fourth-order valence-corrected chi connectivity index (χ4v) is 2.97. The van der Waals surface area contributed by atoms with Crippen LogP contribution in [0.2, 0.25) is 0 Å². The Morgan fingerprint density at radius 1 is 0.839 bits per heavy atom. The van der Waals surface area contributed by atoms with E-state index in [9.17, 15) is 9.59 Å². The van der Waals surface area contributed by atoms with Crippen LogP contribution < -0.4 is 14.8 Å². The Morgan fingerprint density at radius 3 is 2.19 bits per heavy atom. The second kappa shape index (κ2) is 10.8. The van der Waals surface area contributed by atoms with Crippen molar-refractivity contribution in [2.45, 2.75) is 20.0 Å². The molecule has 0 saturated carbocycles. The maximum Gasteiger partial charge on any atom is 0.345 e. The number of nitrogens with one attached hydrogen (secondary N) is 1. The van der Waals surface area contributed by atoms with Gasteiger partial charge in [-0.1, -0.05) is 60.7 Å². The maximum atomic E-state index is 13.0. The van der Waals surface area contributed by atoms with Gasteiger partial charge in [0.05, 0.1) is 12.3 Å². The minimum Gasteiger partial charge on any atom is -0.492 e. The molecule has 0 fully saturated rings. The summed E-state index contributed by atoms with van der Waals surface area (Å²) in [6, 6.07) is 23.3. The highest BCUT2D eigenvalue weighted by atomic mass is 16.6. The Hall–Kier alpha value is -3.80. The molecule has 6 nitrogen and oxygen atoms in total. The van der Waals surface area contributed by atoms with Gasteiger partial charge in [-0.3, -0.25) is 4.79 Å². The normalized spacial score (nSPS) is 11.3. The molecule has 6 heteroatoms. The summed E-state index contributed by atoms with van der Waals surface area (Å²) in [6.07, 6.45) is -1.14. The molecular formula is C25H25NO5. The maximum absolute atomic E-state index is 13.0. The van der Waals surface area contributed by atoms with E-state index in [1.54, 1.807) is 48.5 Å². The number of anilines is 1. The average molecular weight is 419 g/mol. The third-order valence-corrected chi connectivity index (χ3v) is 4.47. The van der Waals surface area contributed by atoms with Crippen molar-refractivity contribution in [1.29, 1.82) is 0 Å². The second-order valence-corrected chi connectivity index (χ2v) is 6.75. The van der Waals surface area contributed by atoms with Gasteiger partial charge in [-0.2, -0.15) is 0 Å². The molecule has 3 aromatic carbocycles. The van der Waals surface area contributed by atoms with Crippen molar-refractivity contribution >= 4 is 17.6 Å². The number of rotatable bonds is 9. The fraction of sp³-hybridized carbons (Fsp3) is 0.200. The summed E-state index contributed by atoms with van der Waals surface area (Å²) >= 11 is 0. The molecule has 0 heterocycles. The third kappa shape index (κ3) is 6.09. The second-order valence-electron chi connectivity index (χ2n) is 6.75. The number of para-hydroxylation sites is 3. The minimum atomic E-state index is -1.14. The van der Waals surface area contributed by atoms with E-state index in [4.69, 9.17) is 14.2 Å². The number of carbonyl (C=O) groups is 2. The quantitative estimate of drug-likeness (QED) is 0.509. The molecule has 0 aliphatic heterocycles. The number of hydrogen-bond donors (Lipinski definition) is 1. The highest BCUT2D eigenvalue weighted by Gasteiger charge is 2.26. The van der Waals surface area contributed by atoms with E-state index in [2.05, 4.69) is 5.32 Å². The first kappa shape index (κ1) is 21.9. The molecule has 0 saturated heterocycles. The smallest absolute Gasteiger partial charge is 0.345 e. The molecule has 1 amide bonds. The Kier molecular flexibility index (Phi) is 7.65. The zero-order valence-electron chi connectivity index (χ0n) is 17.5. The van der Waals surface area contributed by atoms with Crippen molar-refractivity contribution in [3.8, 4) is 11.5 Å². The average Bonchev–Trinajstić information content (AvgIpc) is 2.79. The number of aryl methyl sites for hydroxylation is 1. The van der Waals surface area contributed by atoms with Crippen LogP contribution in [0.5, 0.6) is 11.5 Å². The van der Waals surface area contributed by atoms with Crippen LogP contribution in [0.25, 0.3) is 0 Å². The van der Waals surface area contributed by atoms with Gasteiger partial charge in [-0.05, 0) is 37.6 Å². The molecule has 3 rings (SSSR count). The number of esters is 1. The van der Waals surface area contributed by atoms with Crippen LogP contribution in [-0.4, -0.2) is 25.1 Å².